The van der Waals surface area contributed by atoms with Crippen molar-refractivity contribution in [2.75, 3.05) is 32.6 Å². The van der Waals surface area contributed by atoms with Crippen LogP contribution in [0.4, 0.5) is 10.5 Å². The van der Waals surface area contributed by atoms with E-state index in [0.717, 1.165) is 52.8 Å². The van der Waals surface area contributed by atoms with E-state index in [0.29, 0.717) is 35.1 Å². The molecule has 2 aliphatic heterocycles. The van der Waals surface area contributed by atoms with Gasteiger partial charge in [-0.05, 0) is 55.0 Å². The zero-order valence-corrected chi connectivity index (χ0v) is 25.7. The minimum atomic E-state index is -0.285. The van der Waals surface area contributed by atoms with Gasteiger partial charge in [0, 0.05) is 60.7 Å². The molecule has 10 nitrogen and oxygen atoms in total. The van der Waals surface area contributed by atoms with Gasteiger partial charge in [0.05, 0.1) is 29.9 Å². The predicted molar refractivity (Wildman–Crippen MR) is 170 cm³/mol. The second-order valence-electron chi connectivity index (χ2n) is 11.4. The molecular formula is C33H35ClN6O4. The number of urea groups is 1. The molecule has 4 N–H and O–H groups in total. The van der Waals surface area contributed by atoms with Gasteiger partial charge in [-0.15, -0.1) is 0 Å². The third kappa shape index (κ3) is 5.75. The zero-order chi connectivity index (χ0) is 31.0. The van der Waals surface area contributed by atoms with E-state index in [1.54, 1.807) is 20.4 Å². The first-order chi connectivity index (χ1) is 21.2. The van der Waals surface area contributed by atoms with Crippen LogP contribution in [-0.4, -0.2) is 61.0 Å². The molecule has 3 heterocycles. The molecule has 228 valence electrons. The van der Waals surface area contributed by atoms with Crippen molar-refractivity contribution in [1.29, 1.82) is 0 Å². The molecule has 2 atom stereocenters. The van der Waals surface area contributed by atoms with Gasteiger partial charge >= 0.3 is 6.03 Å². The number of aryl methyl sites for hydroxylation is 1. The van der Waals surface area contributed by atoms with E-state index in [-0.39, 0.29) is 36.5 Å². The first-order valence-electron chi connectivity index (χ1n) is 14.8. The number of ether oxygens (including phenoxy) is 1. The maximum Gasteiger partial charge on any atom is 0.321 e. The van der Waals surface area contributed by atoms with Crippen molar-refractivity contribution in [3.05, 3.63) is 76.0 Å². The van der Waals surface area contributed by atoms with Crippen LogP contribution in [0.15, 0.2) is 54.2 Å². The van der Waals surface area contributed by atoms with E-state index in [4.69, 9.17) is 21.3 Å². The number of fused-ring (bicyclic) bond motifs is 1. The molecule has 4 amide bonds. The Morgan fingerprint density at radius 1 is 1.11 bits per heavy atom. The van der Waals surface area contributed by atoms with Crippen molar-refractivity contribution in [2.45, 2.75) is 44.7 Å². The highest BCUT2D eigenvalue weighted by Crippen LogP contribution is 2.43. The normalized spacial score (nSPS) is 19.3. The fraction of sp³-hybridized carbons (Fsp3) is 0.333. The Kier molecular flexibility index (Phi) is 8.29. The second-order valence-corrected chi connectivity index (χ2v) is 11.8. The third-order valence-electron chi connectivity index (χ3n) is 8.59. The summed E-state index contributed by atoms with van der Waals surface area (Å²) in [6.07, 6.45) is 4.76. The molecule has 1 saturated heterocycles. The van der Waals surface area contributed by atoms with Crippen LogP contribution in [0.5, 0.6) is 5.88 Å². The fourth-order valence-electron chi connectivity index (χ4n) is 6.19. The van der Waals surface area contributed by atoms with Crippen LogP contribution in [0.25, 0.3) is 22.4 Å². The zero-order valence-electron chi connectivity index (χ0n) is 24.9. The molecule has 44 heavy (non-hydrogen) atoms. The number of benzene rings is 2. The number of rotatable bonds is 8. The SMILES string of the molecule is COc1nc(-c2cccc(-c3cccc(NC(=O)C4=CN(C)C(=O)NC4)c3C)c2Cl)cc2c1[C@@H](NC[C@@H]1CCC(=O)N1)CC2. The van der Waals surface area contributed by atoms with Gasteiger partial charge in [0.15, 0.2) is 0 Å². The Morgan fingerprint density at radius 2 is 1.89 bits per heavy atom. The van der Waals surface area contributed by atoms with E-state index in [2.05, 4.69) is 27.3 Å². The molecule has 1 aliphatic carbocycles. The number of amides is 4. The number of anilines is 1. The highest BCUT2D eigenvalue weighted by atomic mass is 35.5. The van der Waals surface area contributed by atoms with Gasteiger partial charge < -0.3 is 30.9 Å². The Morgan fingerprint density at radius 3 is 2.64 bits per heavy atom. The van der Waals surface area contributed by atoms with E-state index in [1.165, 1.54) is 10.5 Å². The Bertz CT molecular complexity index is 1690. The van der Waals surface area contributed by atoms with Crippen molar-refractivity contribution in [2.24, 2.45) is 0 Å². The molecule has 0 saturated carbocycles. The van der Waals surface area contributed by atoms with E-state index < -0.39 is 0 Å². The maximum atomic E-state index is 13.0. The minimum absolute atomic E-state index is 0.0995. The van der Waals surface area contributed by atoms with Crippen LogP contribution in [0.2, 0.25) is 5.02 Å². The number of methoxy groups -OCH3 is 1. The summed E-state index contributed by atoms with van der Waals surface area (Å²) in [5.74, 6) is 0.399. The Hall–Kier alpha value is -4.41. The van der Waals surface area contributed by atoms with Gasteiger partial charge in [0.2, 0.25) is 11.8 Å². The molecule has 0 spiro atoms. The monoisotopic (exact) mass is 614 g/mol. The summed E-state index contributed by atoms with van der Waals surface area (Å²) in [6.45, 7) is 2.81. The molecule has 2 aromatic carbocycles. The molecule has 0 radical (unpaired) electrons. The molecule has 3 aliphatic rings. The fourth-order valence-corrected chi connectivity index (χ4v) is 6.52. The first kappa shape index (κ1) is 29.7. The summed E-state index contributed by atoms with van der Waals surface area (Å²) < 4.78 is 5.79. The maximum absolute atomic E-state index is 13.0. The molecule has 1 aromatic heterocycles. The molecule has 11 heteroatoms. The van der Waals surface area contributed by atoms with Gasteiger partial charge in [-0.3, -0.25) is 9.59 Å². The summed E-state index contributed by atoms with van der Waals surface area (Å²) in [4.78, 5) is 42.6. The number of aromatic nitrogens is 1. The lowest BCUT2D eigenvalue weighted by Gasteiger charge is -2.22. The van der Waals surface area contributed by atoms with Crippen molar-refractivity contribution < 1.29 is 19.1 Å². The van der Waals surface area contributed by atoms with Crippen molar-refractivity contribution in [3.63, 3.8) is 0 Å². The molecule has 3 aromatic rings. The first-order valence-corrected chi connectivity index (χ1v) is 15.1. The lowest BCUT2D eigenvalue weighted by molar-refractivity contribution is -0.119. The Balaban J connectivity index is 1.26. The van der Waals surface area contributed by atoms with Crippen molar-refractivity contribution in [1.82, 2.24) is 25.8 Å². The van der Waals surface area contributed by atoms with E-state index in [9.17, 15) is 14.4 Å². The van der Waals surface area contributed by atoms with E-state index >= 15 is 0 Å². The van der Waals surface area contributed by atoms with Crippen LogP contribution in [0.3, 0.4) is 0 Å². The number of hydrogen-bond donors (Lipinski definition) is 4. The number of carbonyl (C=O) groups is 3. The molecular weight excluding hydrogens is 580 g/mol. The Labute approximate surface area is 261 Å². The molecule has 0 bridgehead atoms. The second kappa shape index (κ2) is 12.3. The minimum Gasteiger partial charge on any atom is -0.481 e. The van der Waals surface area contributed by atoms with E-state index in [1.807, 2.05) is 43.3 Å². The highest BCUT2D eigenvalue weighted by Gasteiger charge is 2.30. The molecule has 0 unspecified atom stereocenters. The summed E-state index contributed by atoms with van der Waals surface area (Å²) in [7, 11) is 3.23. The standard InChI is InChI=1S/C33H35ClN6O4/c1-18-22(6-5-9-25(18)38-31(42)20-15-36-33(43)40(2)17-20)23-7-4-8-24(30(23)34)27-14-19-10-12-26(29(19)32(39-27)44-3)35-16-21-11-13-28(41)37-21/h4-9,14,17,21,26,35H,10-13,15-16H2,1-3H3,(H,36,43)(H,37,41)(H,38,42)/t21-,26-/m0/s1. The number of halogens is 1. The largest absolute Gasteiger partial charge is 0.481 e. The highest BCUT2D eigenvalue weighted by molar-refractivity contribution is 6.36. The van der Waals surface area contributed by atoms with Crippen LogP contribution >= 0.6 is 11.6 Å². The predicted octanol–water partition coefficient (Wildman–Crippen LogP) is 4.72. The van der Waals surface area contributed by atoms with Crippen LogP contribution in [0, 0.1) is 6.92 Å². The number of nitrogens with zero attached hydrogens (tertiary/aromatic N) is 2. The molecule has 6 rings (SSSR count). The van der Waals surface area contributed by atoms with Gasteiger partial charge in [-0.25, -0.2) is 9.78 Å². The molecule has 1 fully saturated rings. The number of pyridine rings is 1. The van der Waals surface area contributed by atoms with Crippen molar-refractivity contribution >= 4 is 35.1 Å². The topological polar surface area (TPSA) is 125 Å². The quantitative estimate of drug-likeness (QED) is 0.291. The average Bonchev–Trinajstić information content (AvgIpc) is 3.63. The van der Waals surface area contributed by atoms with Gasteiger partial charge in [0.25, 0.3) is 5.91 Å². The van der Waals surface area contributed by atoms with Gasteiger partial charge in [-0.2, -0.15) is 0 Å². The number of carbonyl (C=O) groups excluding carboxylic acids is 3. The van der Waals surface area contributed by atoms with Crippen LogP contribution in [-0.2, 0) is 16.0 Å². The number of hydrogen-bond acceptors (Lipinski definition) is 6. The van der Waals surface area contributed by atoms with Crippen LogP contribution in [0.1, 0.15) is 42.0 Å². The van der Waals surface area contributed by atoms with Crippen molar-refractivity contribution in [3.8, 4) is 28.3 Å². The number of nitrogens with one attached hydrogen (secondary N) is 4. The van der Waals surface area contributed by atoms with Gasteiger partial charge in [-0.1, -0.05) is 41.9 Å². The lowest BCUT2D eigenvalue weighted by Crippen LogP contribution is -2.42. The lowest BCUT2D eigenvalue weighted by atomic mass is 9.96. The average molecular weight is 615 g/mol. The summed E-state index contributed by atoms with van der Waals surface area (Å²) in [5, 5.41) is 12.9. The van der Waals surface area contributed by atoms with Crippen LogP contribution < -0.4 is 26.0 Å². The summed E-state index contributed by atoms with van der Waals surface area (Å²) in [6, 6.07) is 13.7. The summed E-state index contributed by atoms with van der Waals surface area (Å²) >= 11 is 7.10. The third-order valence-corrected chi connectivity index (χ3v) is 8.99. The van der Waals surface area contributed by atoms with Gasteiger partial charge in [0.1, 0.15) is 0 Å². The summed E-state index contributed by atoms with van der Waals surface area (Å²) in [5.41, 5.74) is 7.42. The smallest absolute Gasteiger partial charge is 0.321 e.